The summed E-state index contributed by atoms with van der Waals surface area (Å²) in [6, 6.07) is 8.89. The lowest BCUT2D eigenvalue weighted by Crippen LogP contribution is -2.52. The monoisotopic (exact) mass is 557 g/mol. The Bertz CT molecular complexity index is 737. The first-order chi connectivity index (χ1) is 15.1. The minimum Gasteiger partial charge on any atom is -0.379 e. The third-order valence-electron chi connectivity index (χ3n) is 6.06. The van der Waals surface area contributed by atoms with Crippen molar-refractivity contribution in [3.05, 3.63) is 35.4 Å². The van der Waals surface area contributed by atoms with Crippen LogP contribution in [0.2, 0.25) is 0 Å². The summed E-state index contributed by atoms with van der Waals surface area (Å²) in [7, 11) is 0. The average Bonchev–Trinajstić information content (AvgIpc) is 3.17. The second-order valence-corrected chi connectivity index (χ2v) is 8.77. The molecular weight excluding hydrogens is 517 g/mol. The molecule has 0 bridgehead atoms. The van der Waals surface area contributed by atoms with Gasteiger partial charge in [0.05, 0.1) is 19.8 Å². The number of likely N-dealkylation sites (tertiary alicyclic amines) is 1. The van der Waals surface area contributed by atoms with Crippen molar-refractivity contribution in [2.75, 3.05) is 45.9 Å². The van der Waals surface area contributed by atoms with Gasteiger partial charge in [-0.2, -0.15) is 0 Å². The summed E-state index contributed by atoms with van der Waals surface area (Å²) in [5, 5.41) is 6.92. The van der Waals surface area contributed by atoms with Crippen molar-refractivity contribution in [2.45, 2.75) is 52.7 Å². The van der Waals surface area contributed by atoms with Crippen molar-refractivity contribution in [1.82, 2.24) is 20.4 Å². The van der Waals surface area contributed by atoms with Crippen LogP contribution in [-0.2, 0) is 22.6 Å². The molecule has 3 rings (SSSR count). The van der Waals surface area contributed by atoms with E-state index in [1.807, 2.05) is 4.90 Å². The van der Waals surface area contributed by atoms with Gasteiger partial charge < -0.3 is 20.3 Å². The molecule has 2 saturated heterocycles. The zero-order chi connectivity index (χ0) is 22.1. The Labute approximate surface area is 210 Å². The van der Waals surface area contributed by atoms with Crippen molar-refractivity contribution in [3.8, 4) is 0 Å². The van der Waals surface area contributed by atoms with Gasteiger partial charge >= 0.3 is 0 Å². The molecule has 0 saturated carbocycles. The summed E-state index contributed by atoms with van der Waals surface area (Å²) in [6.45, 7) is 14.1. The maximum absolute atomic E-state index is 11.9. The van der Waals surface area contributed by atoms with Gasteiger partial charge in [-0.3, -0.25) is 9.69 Å². The van der Waals surface area contributed by atoms with E-state index in [9.17, 15) is 4.79 Å². The number of halogens is 1. The molecule has 1 unspecified atom stereocenters. The Hall–Kier alpha value is -1.39. The smallest absolute Gasteiger partial charge is 0.222 e. The summed E-state index contributed by atoms with van der Waals surface area (Å²) in [4.78, 5) is 21.2. The third-order valence-corrected chi connectivity index (χ3v) is 6.06. The standard InChI is InChI=1S/C24H39N5O2.HI/c1-4-25-24(27-17-22(19(2)3)28-11-13-31-14-12-28)26-16-20-7-5-8-21(15-20)18-29-10-6-9-23(29)30;/h5,7-8,15,19,22H,4,6,9-14,16-18H2,1-3H3,(H2,25,26,27);1H. The molecule has 0 aliphatic carbocycles. The van der Waals surface area contributed by atoms with Crippen molar-refractivity contribution >= 4 is 35.8 Å². The Morgan fingerprint density at radius 1 is 1.16 bits per heavy atom. The largest absolute Gasteiger partial charge is 0.379 e. The van der Waals surface area contributed by atoms with Crippen LogP contribution in [0.25, 0.3) is 0 Å². The molecule has 0 spiro atoms. The summed E-state index contributed by atoms with van der Waals surface area (Å²) >= 11 is 0. The van der Waals surface area contributed by atoms with Crippen LogP contribution in [0.4, 0.5) is 0 Å². The van der Waals surface area contributed by atoms with Crippen LogP contribution in [0, 0.1) is 5.92 Å². The molecule has 32 heavy (non-hydrogen) atoms. The zero-order valence-corrected chi connectivity index (χ0v) is 22.1. The highest BCUT2D eigenvalue weighted by molar-refractivity contribution is 14.0. The van der Waals surface area contributed by atoms with Gasteiger partial charge in [-0.15, -0.1) is 24.0 Å². The first kappa shape index (κ1) is 26.9. The zero-order valence-electron chi connectivity index (χ0n) is 19.8. The lowest BCUT2D eigenvalue weighted by molar-refractivity contribution is -0.128. The molecule has 1 atom stereocenters. The SMILES string of the molecule is CCNC(=NCc1cccc(CN2CCCC2=O)c1)NCC(C(C)C)N1CCOCC1.I. The highest BCUT2D eigenvalue weighted by Crippen LogP contribution is 2.16. The molecule has 180 valence electrons. The number of rotatable bonds is 9. The molecule has 2 heterocycles. The molecule has 2 fully saturated rings. The highest BCUT2D eigenvalue weighted by Gasteiger charge is 2.24. The first-order valence-electron chi connectivity index (χ1n) is 11.8. The van der Waals surface area contributed by atoms with Crippen molar-refractivity contribution in [2.24, 2.45) is 10.9 Å². The van der Waals surface area contributed by atoms with E-state index in [1.54, 1.807) is 0 Å². The first-order valence-corrected chi connectivity index (χ1v) is 11.8. The van der Waals surface area contributed by atoms with E-state index in [1.165, 1.54) is 5.56 Å². The van der Waals surface area contributed by atoms with Crippen molar-refractivity contribution in [1.29, 1.82) is 0 Å². The molecule has 2 N–H and O–H groups in total. The number of aliphatic imine (C=N–C) groups is 1. The number of nitrogens with zero attached hydrogens (tertiary/aromatic N) is 3. The molecule has 1 amide bonds. The summed E-state index contributed by atoms with van der Waals surface area (Å²) in [5.74, 6) is 1.67. The van der Waals surface area contributed by atoms with Crippen molar-refractivity contribution < 1.29 is 9.53 Å². The molecule has 1 aromatic carbocycles. The minimum absolute atomic E-state index is 0. The van der Waals surface area contributed by atoms with Gasteiger partial charge in [0.1, 0.15) is 0 Å². The quantitative estimate of drug-likeness (QED) is 0.278. The fourth-order valence-corrected chi connectivity index (χ4v) is 4.33. The Balaban J connectivity index is 0.00000363. The van der Waals surface area contributed by atoms with Crippen LogP contribution in [0.15, 0.2) is 29.3 Å². The molecule has 0 aromatic heterocycles. The molecular formula is C24H40IN5O2. The predicted molar refractivity (Wildman–Crippen MR) is 140 cm³/mol. The van der Waals surface area contributed by atoms with Crippen molar-refractivity contribution in [3.63, 3.8) is 0 Å². The lowest BCUT2D eigenvalue weighted by atomic mass is 10.0. The van der Waals surface area contributed by atoms with E-state index in [0.717, 1.165) is 63.9 Å². The Kier molecular flexibility index (Phi) is 11.7. The van der Waals surface area contributed by atoms with Gasteiger partial charge in [-0.1, -0.05) is 38.1 Å². The second-order valence-electron chi connectivity index (χ2n) is 8.77. The van der Waals surface area contributed by atoms with Crippen LogP contribution in [-0.4, -0.2) is 73.6 Å². The number of benzene rings is 1. The fraction of sp³-hybridized carbons (Fsp3) is 0.667. The number of amides is 1. The number of ether oxygens (including phenoxy) is 1. The fourth-order valence-electron chi connectivity index (χ4n) is 4.33. The number of hydrogen-bond donors (Lipinski definition) is 2. The highest BCUT2D eigenvalue weighted by atomic mass is 127. The maximum atomic E-state index is 11.9. The Morgan fingerprint density at radius 3 is 2.56 bits per heavy atom. The van der Waals surface area contributed by atoms with Crippen LogP contribution >= 0.6 is 24.0 Å². The number of nitrogens with one attached hydrogen (secondary N) is 2. The van der Waals surface area contributed by atoms with E-state index >= 15 is 0 Å². The number of carbonyl (C=O) groups excluding carboxylic acids is 1. The van der Waals surface area contributed by atoms with Gasteiger partial charge in [0.25, 0.3) is 0 Å². The summed E-state index contributed by atoms with van der Waals surface area (Å²) < 4.78 is 5.52. The van der Waals surface area contributed by atoms with E-state index < -0.39 is 0 Å². The van der Waals surface area contributed by atoms with E-state index in [4.69, 9.17) is 9.73 Å². The molecule has 1 aromatic rings. The van der Waals surface area contributed by atoms with Gasteiger partial charge in [0, 0.05) is 51.7 Å². The number of hydrogen-bond acceptors (Lipinski definition) is 4. The Morgan fingerprint density at radius 2 is 1.91 bits per heavy atom. The minimum atomic E-state index is 0. The lowest BCUT2D eigenvalue weighted by Gasteiger charge is -2.37. The second kappa shape index (κ2) is 14.0. The van der Waals surface area contributed by atoms with E-state index in [-0.39, 0.29) is 29.9 Å². The molecule has 7 nitrogen and oxygen atoms in total. The number of guanidine groups is 1. The van der Waals surface area contributed by atoms with Crippen LogP contribution in [0.5, 0.6) is 0 Å². The van der Waals surface area contributed by atoms with Gasteiger partial charge in [-0.05, 0) is 30.4 Å². The van der Waals surface area contributed by atoms with Crippen LogP contribution in [0.1, 0.15) is 44.7 Å². The maximum Gasteiger partial charge on any atom is 0.222 e. The predicted octanol–water partition coefficient (Wildman–Crippen LogP) is 2.84. The normalized spacial score (nSPS) is 18.6. The average molecular weight is 558 g/mol. The molecule has 2 aliphatic rings. The van der Waals surface area contributed by atoms with Crippen LogP contribution < -0.4 is 10.6 Å². The van der Waals surface area contributed by atoms with Crippen LogP contribution in [0.3, 0.4) is 0 Å². The van der Waals surface area contributed by atoms with Gasteiger partial charge in [0.15, 0.2) is 5.96 Å². The number of carbonyl (C=O) groups is 1. The summed E-state index contributed by atoms with van der Waals surface area (Å²) in [5.41, 5.74) is 2.34. The van der Waals surface area contributed by atoms with Gasteiger partial charge in [0.2, 0.25) is 5.91 Å². The third kappa shape index (κ3) is 8.19. The number of morpholine rings is 1. The summed E-state index contributed by atoms with van der Waals surface area (Å²) in [6.07, 6.45) is 1.66. The molecule has 8 heteroatoms. The molecule has 0 radical (unpaired) electrons. The van der Waals surface area contributed by atoms with E-state index in [0.29, 0.717) is 31.5 Å². The molecule has 2 aliphatic heterocycles. The van der Waals surface area contributed by atoms with Gasteiger partial charge in [-0.25, -0.2) is 4.99 Å². The topological polar surface area (TPSA) is 69.2 Å². The van der Waals surface area contributed by atoms with E-state index in [2.05, 4.69) is 60.6 Å².